The molecule has 0 saturated carbocycles. The van der Waals surface area contributed by atoms with E-state index < -0.39 is 0 Å². The number of carbonyl (C=O) groups excluding carboxylic acids is 3. The normalized spacial score (nSPS) is 14.3. The maximum absolute atomic E-state index is 12.1. The van der Waals surface area contributed by atoms with Gasteiger partial charge >= 0.3 is 0 Å². The van der Waals surface area contributed by atoms with E-state index in [4.69, 9.17) is 0 Å². The van der Waals surface area contributed by atoms with Crippen molar-refractivity contribution in [2.75, 3.05) is 13.1 Å². The van der Waals surface area contributed by atoms with E-state index in [0.29, 0.717) is 0 Å². The Labute approximate surface area is 146 Å². The number of aromatic nitrogens is 2. The molecule has 1 N–H and O–H groups in total. The lowest BCUT2D eigenvalue weighted by molar-refractivity contribution is -0.138. The molecular formula is C16H15BrN4O3. The second-order valence-corrected chi connectivity index (χ2v) is 6.24. The van der Waals surface area contributed by atoms with E-state index in [1.807, 2.05) is 24.3 Å². The Morgan fingerprint density at radius 1 is 1.21 bits per heavy atom. The summed E-state index contributed by atoms with van der Waals surface area (Å²) >= 11 is 3.39. The third-order valence-electron chi connectivity index (χ3n) is 3.67. The third-order valence-corrected chi connectivity index (χ3v) is 4.16. The molecule has 1 aromatic heterocycles. The average molecular weight is 391 g/mol. The quantitative estimate of drug-likeness (QED) is 0.784. The molecule has 1 aliphatic heterocycles. The minimum Gasteiger partial charge on any atom is -0.349 e. The predicted octanol–water partition coefficient (Wildman–Crippen LogP) is 1.51. The van der Waals surface area contributed by atoms with Crippen molar-refractivity contribution in [1.29, 1.82) is 0 Å². The molecule has 0 spiro atoms. The van der Waals surface area contributed by atoms with Crippen molar-refractivity contribution in [2.24, 2.45) is 0 Å². The van der Waals surface area contributed by atoms with E-state index in [1.54, 1.807) is 16.9 Å². The van der Waals surface area contributed by atoms with Crippen molar-refractivity contribution in [3.8, 4) is 5.69 Å². The summed E-state index contributed by atoms with van der Waals surface area (Å²) in [6, 6.07) is 9.16. The van der Waals surface area contributed by atoms with Gasteiger partial charge in [-0.2, -0.15) is 5.10 Å². The maximum atomic E-state index is 12.1. The lowest BCUT2D eigenvalue weighted by Crippen LogP contribution is -2.37. The van der Waals surface area contributed by atoms with E-state index in [1.165, 1.54) is 4.90 Å². The molecular weight excluding hydrogens is 376 g/mol. The van der Waals surface area contributed by atoms with Crippen LogP contribution in [-0.2, 0) is 9.59 Å². The number of carbonyl (C=O) groups is 3. The Morgan fingerprint density at radius 3 is 2.67 bits per heavy atom. The summed E-state index contributed by atoms with van der Waals surface area (Å²) in [4.78, 5) is 36.3. The number of rotatable bonds is 5. The molecule has 8 heteroatoms. The molecule has 1 saturated heterocycles. The topological polar surface area (TPSA) is 84.3 Å². The number of halogens is 1. The van der Waals surface area contributed by atoms with Gasteiger partial charge in [-0.3, -0.25) is 19.3 Å². The summed E-state index contributed by atoms with van der Waals surface area (Å²) < 4.78 is 2.52. The standard InChI is InChI=1S/C16H15BrN4O3/c17-11-2-1-3-12(10-11)21-8-6-13(19-21)16(24)18-7-9-20-14(22)4-5-15(20)23/h1-3,6,8,10H,4-5,7,9H2,(H,18,24). The van der Waals surface area contributed by atoms with Gasteiger partial charge in [0.25, 0.3) is 5.91 Å². The minimum absolute atomic E-state index is 0.187. The van der Waals surface area contributed by atoms with Gasteiger partial charge in [0.2, 0.25) is 11.8 Å². The van der Waals surface area contributed by atoms with Crippen molar-refractivity contribution in [2.45, 2.75) is 12.8 Å². The van der Waals surface area contributed by atoms with E-state index in [-0.39, 0.29) is 49.3 Å². The predicted molar refractivity (Wildman–Crippen MR) is 89.6 cm³/mol. The highest BCUT2D eigenvalue weighted by Crippen LogP contribution is 2.15. The highest BCUT2D eigenvalue weighted by atomic mass is 79.9. The SMILES string of the molecule is O=C(NCCN1C(=O)CCC1=O)c1ccn(-c2cccc(Br)c2)n1. The smallest absolute Gasteiger partial charge is 0.271 e. The van der Waals surface area contributed by atoms with Gasteiger partial charge in [-0.25, -0.2) is 4.68 Å². The molecule has 24 heavy (non-hydrogen) atoms. The number of nitrogens with one attached hydrogen (secondary N) is 1. The van der Waals surface area contributed by atoms with Gasteiger partial charge in [0.15, 0.2) is 5.69 Å². The van der Waals surface area contributed by atoms with Crippen molar-refractivity contribution in [3.63, 3.8) is 0 Å². The summed E-state index contributed by atoms with van der Waals surface area (Å²) in [5.74, 6) is -0.718. The summed E-state index contributed by atoms with van der Waals surface area (Å²) in [6.07, 6.45) is 2.21. The summed E-state index contributed by atoms with van der Waals surface area (Å²) in [7, 11) is 0. The zero-order valence-electron chi connectivity index (χ0n) is 12.7. The van der Waals surface area contributed by atoms with Gasteiger partial charge in [0.1, 0.15) is 0 Å². The Hall–Kier alpha value is -2.48. The molecule has 0 aliphatic carbocycles. The van der Waals surface area contributed by atoms with Crippen LogP contribution in [0.5, 0.6) is 0 Å². The molecule has 2 heterocycles. The Balaban J connectivity index is 1.58. The highest BCUT2D eigenvalue weighted by molar-refractivity contribution is 9.10. The fraction of sp³-hybridized carbons (Fsp3) is 0.250. The number of benzene rings is 1. The third kappa shape index (κ3) is 3.53. The molecule has 0 bridgehead atoms. The molecule has 124 valence electrons. The van der Waals surface area contributed by atoms with Gasteiger partial charge in [0.05, 0.1) is 5.69 Å². The van der Waals surface area contributed by atoms with Crippen LogP contribution >= 0.6 is 15.9 Å². The zero-order valence-corrected chi connectivity index (χ0v) is 14.3. The van der Waals surface area contributed by atoms with Crippen LogP contribution in [0.3, 0.4) is 0 Å². The van der Waals surface area contributed by atoms with Gasteiger partial charge < -0.3 is 5.32 Å². The largest absolute Gasteiger partial charge is 0.349 e. The van der Waals surface area contributed by atoms with Gasteiger partial charge in [-0.05, 0) is 24.3 Å². The molecule has 1 fully saturated rings. The van der Waals surface area contributed by atoms with Gasteiger partial charge in [-0.1, -0.05) is 22.0 Å². The number of amides is 3. The molecule has 1 aliphatic rings. The van der Waals surface area contributed by atoms with Crippen LogP contribution in [0, 0.1) is 0 Å². The fourth-order valence-electron chi connectivity index (χ4n) is 2.45. The van der Waals surface area contributed by atoms with Crippen LogP contribution < -0.4 is 5.32 Å². The van der Waals surface area contributed by atoms with Crippen LogP contribution in [-0.4, -0.2) is 45.5 Å². The first-order valence-electron chi connectivity index (χ1n) is 7.47. The lowest BCUT2D eigenvalue weighted by Gasteiger charge is -2.13. The van der Waals surface area contributed by atoms with Crippen LogP contribution in [0.25, 0.3) is 5.69 Å². The highest BCUT2D eigenvalue weighted by Gasteiger charge is 2.28. The molecule has 3 amide bonds. The number of hydrogen-bond acceptors (Lipinski definition) is 4. The molecule has 3 rings (SSSR count). The van der Waals surface area contributed by atoms with Gasteiger partial charge in [0, 0.05) is 36.6 Å². The summed E-state index contributed by atoms with van der Waals surface area (Å²) in [6.45, 7) is 0.399. The fourth-order valence-corrected chi connectivity index (χ4v) is 2.84. The molecule has 1 aromatic carbocycles. The number of likely N-dealkylation sites (tertiary alicyclic amines) is 1. The Kier molecular flexibility index (Phi) is 4.75. The lowest BCUT2D eigenvalue weighted by atomic mass is 10.3. The molecule has 0 atom stereocenters. The Bertz CT molecular complexity index is 786. The zero-order chi connectivity index (χ0) is 17.1. The van der Waals surface area contributed by atoms with Crippen molar-refractivity contribution in [3.05, 3.63) is 46.7 Å². The number of hydrogen-bond donors (Lipinski definition) is 1. The second kappa shape index (κ2) is 6.96. The van der Waals surface area contributed by atoms with E-state index in [9.17, 15) is 14.4 Å². The van der Waals surface area contributed by atoms with E-state index in [0.717, 1.165) is 10.2 Å². The first-order chi connectivity index (χ1) is 11.5. The van der Waals surface area contributed by atoms with Gasteiger partial charge in [-0.15, -0.1) is 0 Å². The summed E-state index contributed by atoms with van der Waals surface area (Å²) in [5.41, 5.74) is 1.10. The summed E-state index contributed by atoms with van der Waals surface area (Å²) in [5, 5.41) is 6.91. The van der Waals surface area contributed by atoms with Crippen LogP contribution in [0.1, 0.15) is 23.3 Å². The monoisotopic (exact) mass is 390 g/mol. The maximum Gasteiger partial charge on any atom is 0.271 e. The Morgan fingerprint density at radius 2 is 1.96 bits per heavy atom. The first-order valence-corrected chi connectivity index (χ1v) is 8.27. The number of nitrogens with zero attached hydrogens (tertiary/aromatic N) is 3. The van der Waals surface area contributed by atoms with Crippen molar-refractivity contribution < 1.29 is 14.4 Å². The average Bonchev–Trinajstić information content (AvgIpc) is 3.17. The molecule has 7 nitrogen and oxygen atoms in total. The first kappa shape index (κ1) is 16.4. The van der Waals surface area contributed by atoms with Crippen LogP contribution in [0.4, 0.5) is 0 Å². The minimum atomic E-state index is -0.345. The van der Waals surface area contributed by atoms with Crippen LogP contribution in [0.15, 0.2) is 41.0 Å². The van der Waals surface area contributed by atoms with Crippen molar-refractivity contribution in [1.82, 2.24) is 20.0 Å². The van der Waals surface area contributed by atoms with E-state index in [2.05, 4.69) is 26.3 Å². The number of imide groups is 1. The molecule has 2 aromatic rings. The van der Waals surface area contributed by atoms with E-state index >= 15 is 0 Å². The van der Waals surface area contributed by atoms with Crippen molar-refractivity contribution >= 4 is 33.7 Å². The molecule has 0 radical (unpaired) electrons. The van der Waals surface area contributed by atoms with Crippen LogP contribution in [0.2, 0.25) is 0 Å². The molecule has 0 unspecified atom stereocenters. The second-order valence-electron chi connectivity index (χ2n) is 5.32.